The van der Waals surface area contributed by atoms with E-state index >= 15 is 0 Å². The van der Waals surface area contributed by atoms with Crippen molar-refractivity contribution in [3.63, 3.8) is 0 Å². The average molecular weight is 300 g/mol. The second-order valence-corrected chi connectivity index (χ2v) is 4.78. The fraction of sp³-hybridized carbons (Fsp3) is 0.278. The Bertz CT molecular complexity index is 704. The lowest BCUT2D eigenvalue weighted by Gasteiger charge is -2.16. The van der Waals surface area contributed by atoms with Crippen LogP contribution in [0.2, 0.25) is 0 Å². The van der Waals surface area contributed by atoms with E-state index in [0.717, 1.165) is 10.8 Å². The van der Waals surface area contributed by atoms with Crippen LogP contribution in [0.4, 0.5) is 0 Å². The van der Waals surface area contributed by atoms with Crippen LogP contribution >= 0.6 is 0 Å². The van der Waals surface area contributed by atoms with Crippen LogP contribution in [0.5, 0.6) is 17.2 Å². The molecule has 0 aromatic heterocycles. The Balaban J connectivity index is 2.63. The molecule has 0 amide bonds. The second kappa shape index (κ2) is 6.98. The van der Waals surface area contributed by atoms with Crippen molar-refractivity contribution in [2.24, 2.45) is 0 Å². The van der Waals surface area contributed by atoms with Gasteiger partial charge < -0.3 is 14.2 Å². The minimum Gasteiger partial charge on any atom is -0.490 e. The summed E-state index contributed by atoms with van der Waals surface area (Å²) in [7, 11) is 0. The van der Waals surface area contributed by atoms with Crippen molar-refractivity contribution in [1.82, 2.24) is 0 Å². The molecule has 0 saturated heterocycles. The van der Waals surface area contributed by atoms with Gasteiger partial charge in [-0.15, -0.1) is 0 Å². The van der Waals surface area contributed by atoms with E-state index < -0.39 is 5.97 Å². The third-order valence-electron chi connectivity index (χ3n) is 3.06. The van der Waals surface area contributed by atoms with Gasteiger partial charge in [0.05, 0.1) is 13.2 Å². The molecule has 0 heterocycles. The number of benzene rings is 2. The molecule has 0 aliphatic carbocycles. The molecule has 2 rings (SSSR count). The molecule has 0 N–H and O–H groups in total. The number of rotatable bonds is 6. The first-order valence-corrected chi connectivity index (χ1v) is 7.27. The molecule has 0 bridgehead atoms. The Morgan fingerprint density at radius 3 is 2.27 bits per heavy atom. The molecule has 22 heavy (non-hydrogen) atoms. The van der Waals surface area contributed by atoms with Gasteiger partial charge in [-0.05, 0) is 20.8 Å². The normalized spacial score (nSPS) is 10.3. The quantitative estimate of drug-likeness (QED) is 0.457. The van der Waals surface area contributed by atoms with Gasteiger partial charge in [-0.1, -0.05) is 30.8 Å². The van der Waals surface area contributed by atoms with Crippen LogP contribution < -0.4 is 14.2 Å². The summed E-state index contributed by atoms with van der Waals surface area (Å²) in [6.07, 6.45) is 0. The maximum Gasteiger partial charge on any atom is 0.338 e. The lowest BCUT2D eigenvalue weighted by molar-refractivity contribution is -0.129. The van der Waals surface area contributed by atoms with Gasteiger partial charge in [-0.3, -0.25) is 0 Å². The monoisotopic (exact) mass is 300 g/mol. The average Bonchev–Trinajstić information content (AvgIpc) is 2.51. The zero-order valence-corrected chi connectivity index (χ0v) is 13.1. The van der Waals surface area contributed by atoms with E-state index in [-0.39, 0.29) is 0 Å². The highest BCUT2D eigenvalue weighted by atomic mass is 16.5. The molecule has 116 valence electrons. The summed E-state index contributed by atoms with van der Waals surface area (Å²) < 4.78 is 16.8. The Kier molecular flexibility index (Phi) is 5.04. The third kappa shape index (κ3) is 3.22. The van der Waals surface area contributed by atoms with Crippen LogP contribution in [-0.2, 0) is 4.79 Å². The summed E-state index contributed by atoms with van der Waals surface area (Å²) in [6.45, 7) is 10.0. The first kappa shape index (κ1) is 15.9. The van der Waals surface area contributed by atoms with Crippen molar-refractivity contribution >= 4 is 16.7 Å². The van der Waals surface area contributed by atoms with Crippen LogP contribution in [0.1, 0.15) is 20.8 Å². The number of esters is 1. The molecule has 2 aromatic rings. The first-order chi connectivity index (χ1) is 10.6. The van der Waals surface area contributed by atoms with Crippen LogP contribution in [0.25, 0.3) is 10.8 Å². The standard InChI is InChI=1S/C18H20O4/c1-5-20-16-11-15(22-18(19)12(3)4)13-9-7-8-10-14(13)17(16)21-6-2/h7-11H,3,5-6H2,1-2,4H3. The van der Waals surface area contributed by atoms with E-state index in [1.54, 1.807) is 13.0 Å². The largest absolute Gasteiger partial charge is 0.490 e. The highest BCUT2D eigenvalue weighted by Gasteiger charge is 2.17. The minimum atomic E-state index is -0.461. The van der Waals surface area contributed by atoms with Gasteiger partial charge >= 0.3 is 5.97 Å². The molecule has 0 spiro atoms. The van der Waals surface area contributed by atoms with Gasteiger partial charge in [0.15, 0.2) is 11.5 Å². The number of fused-ring (bicyclic) bond motifs is 1. The fourth-order valence-corrected chi connectivity index (χ4v) is 2.12. The fourth-order valence-electron chi connectivity index (χ4n) is 2.12. The number of hydrogen-bond donors (Lipinski definition) is 0. The predicted octanol–water partition coefficient (Wildman–Crippen LogP) is 4.12. The molecule has 0 atom stereocenters. The topological polar surface area (TPSA) is 44.8 Å². The van der Waals surface area contributed by atoms with E-state index in [1.807, 2.05) is 38.1 Å². The number of carbonyl (C=O) groups is 1. The maximum absolute atomic E-state index is 11.8. The third-order valence-corrected chi connectivity index (χ3v) is 3.06. The molecule has 4 heteroatoms. The Morgan fingerprint density at radius 1 is 1.05 bits per heavy atom. The summed E-state index contributed by atoms with van der Waals surface area (Å²) in [5.74, 6) is 1.20. The molecule has 0 aliphatic rings. The molecule has 0 fully saturated rings. The van der Waals surface area contributed by atoms with Gasteiger partial charge in [0.2, 0.25) is 0 Å². The second-order valence-electron chi connectivity index (χ2n) is 4.78. The van der Waals surface area contributed by atoms with Crippen molar-refractivity contribution in [1.29, 1.82) is 0 Å². The van der Waals surface area contributed by atoms with Gasteiger partial charge in [0.1, 0.15) is 5.75 Å². The van der Waals surface area contributed by atoms with Crippen molar-refractivity contribution in [3.8, 4) is 17.2 Å². The van der Waals surface area contributed by atoms with Crippen LogP contribution in [0.15, 0.2) is 42.5 Å². The van der Waals surface area contributed by atoms with E-state index in [9.17, 15) is 4.79 Å². The Hall–Kier alpha value is -2.49. The molecule has 2 aromatic carbocycles. The maximum atomic E-state index is 11.8. The summed E-state index contributed by atoms with van der Waals surface area (Å²) in [5.41, 5.74) is 0.343. The zero-order chi connectivity index (χ0) is 16.1. The Morgan fingerprint density at radius 2 is 1.68 bits per heavy atom. The lowest BCUT2D eigenvalue weighted by atomic mass is 10.1. The van der Waals surface area contributed by atoms with Gasteiger partial charge in [0, 0.05) is 22.4 Å². The SMILES string of the molecule is C=C(C)C(=O)Oc1cc(OCC)c(OCC)c2ccccc12. The zero-order valence-electron chi connectivity index (χ0n) is 13.1. The lowest BCUT2D eigenvalue weighted by Crippen LogP contribution is -2.09. The molecular formula is C18H20O4. The summed E-state index contributed by atoms with van der Waals surface area (Å²) >= 11 is 0. The van der Waals surface area contributed by atoms with Crippen LogP contribution in [-0.4, -0.2) is 19.2 Å². The van der Waals surface area contributed by atoms with Crippen molar-refractivity contribution < 1.29 is 19.0 Å². The van der Waals surface area contributed by atoms with Crippen molar-refractivity contribution in [3.05, 3.63) is 42.5 Å². The number of ether oxygens (including phenoxy) is 3. The number of carbonyl (C=O) groups excluding carboxylic acids is 1. The van der Waals surface area contributed by atoms with Crippen LogP contribution in [0.3, 0.4) is 0 Å². The predicted molar refractivity (Wildman–Crippen MR) is 86.7 cm³/mol. The van der Waals surface area contributed by atoms with E-state index in [2.05, 4.69) is 6.58 Å². The minimum absolute atomic E-state index is 0.343. The highest BCUT2D eigenvalue weighted by Crippen LogP contribution is 2.41. The smallest absolute Gasteiger partial charge is 0.338 e. The van der Waals surface area contributed by atoms with E-state index in [0.29, 0.717) is 36.0 Å². The van der Waals surface area contributed by atoms with E-state index in [1.165, 1.54) is 0 Å². The molecule has 0 radical (unpaired) electrons. The van der Waals surface area contributed by atoms with Gasteiger partial charge in [0.25, 0.3) is 0 Å². The molecule has 0 saturated carbocycles. The molecule has 4 nitrogen and oxygen atoms in total. The Labute approximate surface area is 130 Å². The molecular weight excluding hydrogens is 280 g/mol. The summed E-state index contributed by atoms with van der Waals surface area (Å²) in [4.78, 5) is 11.8. The van der Waals surface area contributed by atoms with Crippen molar-refractivity contribution in [2.45, 2.75) is 20.8 Å². The van der Waals surface area contributed by atoms with Crippen LogP contribution in [0, 0.1) is 0 Å². The number of hydrogen-bond acceptors (Lipinski definition) is 4. The molecule has 0 aliphatic heterocycles. The highest BCUT2D eigenvalue weighted by molar-refractivity contribution is 5.98. The first-order valence-electron chi connectivity index (χ1n) is 7.27. The van der Waals surface area contributed by atoms with E-state index in [4.69, 9.17) is 14.2 Å². The summed E-state index contributed by atoms with van der Waals surface area (Å²) in [6, 6.07) is 9.29. The van der Waals surface area contributed by atoms with Gasteiger partial charge in [-0.25, -0.2) is 4.79 Å². The van der Waals surface area contributed by atoms with Gasteiger partial charge in [-0.2, -0.15) is 0 Å². The van der Waals surface area contributed by atoms with Crippen molar-refractivity contribution in [2.75, 3.05) is 13.2 Å². The summed E-state index contributed by atoms with van der Waals surface area (Å²) in [5, 5.41) is 1.64. The molecule has 0 unspecified atom stereocenters.